The highest BCUT2D eigenvalue weighted by Gasteiger charge is 2.16. The molecule has 2 aromatic rings. The fourth-order valence-corrected chi connectivity index (χ4v) is 3.21. The number of ether oxygens (including phenoxy) is 3. The van der Waals surface area contributed by atoms with Gasteiger partial charge in [0.05, 0.1) is 17.2 Å². The summed E-state index contributed by atoms with van der Waals surface area (Å²) in [5.74, 6) is 1.31. The number of carbonyl (C=O) groups excluding carboxylic acids is 1. The van der Waals surface area contributed by atoms with Gasteiger partial charge < -0.3 is 19.5 Å². The van der Waals surface area contributed by atoms with Crippen molar-refractivity contribution in [2.45, 2.75) is 25.9 Å². The van der Waals surface area contributed by atoms with Crippen LogP contribution in [0.5, 0.6) is 11.5 Å². The van der Waals surface area contributed by atoms with Gasteiger partial charge in [-0.2, -0.15) is 0 Å². The first-order valence-electron chi connectivity index (χ1n) is 8.74. The minimum absolute atomic E-state index is 0.179. The third-order valence-electron chi connectivity index (χ3n) is 4.07. The zero-order valence-electron chi connectivity index (χ0n) is 14.7. The van der Waals surface area contributed by atoms with Crippen LogP contribution in [0.2, 0.25) is 0 Å². The van der Waals surface area contributed by atoms with Crippen molar-refractivity contribution in [3.63, 3.8) is 0 Å². The highest BCUT2D eigenvalue weighted by Crippen LogP contribution is 2.26. The molecule has 2 aromatic carbocycles. The summed E-state index contributed by atoms with van der Waals surface area (Å²) in [7, 11) is 0. The van der Waals surface area contributed by atoms with E-state index in [0.717, 1.165) is 35.4 Å². The lowest BCUT2D eigenvalue weighted by Gasteiger charge is -2.12. The lowest BCUT2D eigenvalue weighted by molar-refractivity contribution is 0.0679. The van der Waals surface area contributed by atoms with Gasteiger partial charge in [-0.1, -0.05) is 0 Å². The monoisotopic (exact) mass is 419 g/mol. The molecule has 1 aliphatic heterocycles. The van der Waals surface area contributed by atoms with E-state index in [9.17, 15) is 4.79 Å². The van der Waals surface area contributed by atoms with Gasteiger partial charge in [0.15, 0.2) is 0 Å². The number of halogens is 1. The Morgan fingerprint density at radius 3 is 2.69 bits per heavy atom. The van der Waals surface area contributed by atoms with Gasteiger partial charge in [-0.3, -0.25) is 4.79 Å². The molecule has 1 amide bonds. The SMILES string of the molecule is CCOc1ccc(C(=O)Nc2ccc(OCC3CCCO3)cc2)cc1Br. The first-order valence-corrected chi connectivity index (χ1v) is 9.53. The normalized spacial score (nSPS) is 16.3. The molecule has 1 fully saturated rings. The predicted octanol–water partition coefficient (Wildman–Crippen LogP) is 4.66. The van der Waals surface area contributed by atoms with Crippen LogP contribution in [-0.4, -0.2) is 31.8 Å². The minimum Gasteiger partial charge on any atom is -0.493 e. The van der Waals surface area contributed by atoms with Crippen molar-refractivity contribution in [3.8, 4) is 11.5 Å². The van der Waals surface area contributed by atoms with E-state index >= 15 is 0 Å². The average molecular weight is 420 g/mol. The smallest absolute Gasteiger partial charge is 0.255 e. The quantitative estimate of drug-likeness (QED) is 0.708. The van der Waals surface area contributed by atoms with Crippen LogP contribution in [-0.2, 0) is 4.74 Å². The number of benzene rings is 2. The Hall–Kier alpha value is -2.05. The Labute approximate surface area is 161 Å². The summed E-state index contributed by atoms with van der Waals surface area (Å²) >= 11 is 3.42. The van der Waals surface area contributed by atoms with Crippen LogP contribution in [0.4, 0.5) is 5.69 Å². The van der Waals surface area contributed by atoms with Gasteiger partial charge in [-0.05, 0) is 78.2 Å². The van der Waals surface area contributed by atoms with Crippen LogP contribution >= 0.6 is 15.9 Å². The Kier molecular flexibility index (Phi) is 6.52. The lowest BCUT2D eigenvalue weighted by Crippen LogP contribution is -2.16. The van der Waals surface area contributed by atoms with Crippen molar-refractivity contribution in [1.82, 2.24) is 0 Å². The third kappa shape index (κ3) is 4.99. The molecule has 1 N–H and O–H groups in total. The van der Waals surface area contributed by atoms with E-state index in [1.165, 1.54) is 0 Å². The Bertz CT molecular complexity index is 742. The van der Waals surface area contributed by atoms with Gasteiger partial charge in [-0.15, -0.1) is 0 Å². The maximum Gasteiger partial charge on any atom is 0.255 e. The fraction of sp³-hybridized carbons (Fsp3) is 0.350. The number of amides is 1. The second-order valence-electron chi connectivity index (χ2n) is 6.00. The van der Waals surface area contributed by atoms with Crippen LogP contribution in [0.15, 0.2) is 46.9 Å². The Balaban J connectivity index is 1.56. The van der Waals surface area contributed by atoms with Crippen LogP contribution in [0.3, 0.4) is 0 Å². The molecule has 138 valence electrons. The molecule has 1 saturated heterocycles. The largest absolute Gasteiger partial charge is 0.493 e. The molecule has 26 heavy (non-hydrogen) atoms. The molecule has 0 aromatic heterocycles. The van der Waals surface area contributed by atoms with Gasteiger partial charge in [0.1, 0.15) is 18.1 Å². The molecule has 1 heterocycles. The van der Waals surface area contributed by atoms with Gasteiger partial charge in [-0.25, -0.2) is 0 Å². The maximum absolute atomic E-state index is 12.4. The van der Waals surface area contributed by atoms with E-state index in [2.05, 4.69) is 21.2 Å². The topological polar surface area (TPSA) is 56.8 Å². The van der Waals surface area contributed by atoms with Crippen LogP contribution in [0.1, 0.15) is 30.1 Å². The first-order chi connectivity index (χ1) is 12.7. The molecule has 6 heteroatoms. The summed E-state index contributed by atoms with van der Waals surface area (Å²) in [5.41, 5.74) is 1.27. The van der Waals surface area contributed by atoms with E-state index in [-0.39, 0.29) is 12.0 Å². The first kappa shape index (κ1) is 18.7. The molecule has 0 radical (unpaired) electrons. The molecule has 1 unspecified atom stereocenters. The average Bonchev–Trinajstić information content (AvgIpc) is 3.16. The van der Waals surface area contributed by atoms with Gasteiger partial charge in [0.2, 0.25) is 0 Å². The van der Waals surface area contributed by atoms with Crippen molar-refractivity contribution in [2.75, 3.05) is 25.1 Å². The number of anilines is 1. The fourth-order valence-electron chi connectivity index (χ4n) is 2.72. The van der Waals surface area contributed by atoms with Crippen LogP contribution in [0, 0.1) is 0 Å². The summed E-state index contributed by atoms with van der Waals surface area (Å²) in [6, 6.07) is 12.6. The van der Waals surface area contributed by atoms with Gasteiger partial charge in [0, 0.05) is 17.9 Å². The molecule has 1 atom stereocenters. The molecule has 0 saturated carbocycles. The highest BCUT2D eigenvalue weighted by molar-refractivity contribution is 9.10. The Morgan fingerprint density at radius 1 is 1.23 bits per heavy atom. The van der Waals surface area contributed by atoms with Crippen LogP contribution in [0.25, 0.3) is 0 Å². The molecule has 3 rings (SSSR count). The van der Waals surface area contributed by atoms with Crippen molar-refractivity contribution >= 4 is 27.5 Å². The summed E-state index contributed by atoms with van der Waals surface area (Å²) in [6.45, 7) is 3.87. The third-order valence-corrected chi connectivity index (χ3v) is 4.69. The summed E-state index contributed by atoms with van der Waals surface area (Å²) < 4.78 is 17.5. The summed E-state index contributed by atoms with van der Waals surface area (Å²) in [4.78, 5) is 12.4. The maximum atomic E-state index is 12.4. The van der Waals surface area contributed by atoms with Crippen molar-refractivity contribution in [2.24, 2.45) is 0 Å². The molecule has 5 nitrogen and oxygen atoms in total. The number of hydrogen-bond acceptors (Lipinski definition) is 4. The zero-order chi connectivity index (χ0) is 18.4. The van der Waals surface area contributed by atoms with Gasteiger partial charge in [0.25, 0.3) is 5.91 Å². The summed E-state index contributed by atoms with van der Waals surface area (Å²) in [5, 5.41) is 2.88. The summed E-state index contributed by atoms with van der Waals surface area (Å²) in [6.07, 6.45) is 2.33. The molecular formula is C20H22BrNO4. The predicted molar refractivity (Wildman–Crippen MR) is 104 cm³/mol. The number of rotatable bonds is 7. The zero-order valence-corrected chi connectivity index (χ0v) is 16.3. The number of hydrogen-bond donors (Lipinski definition) is 1. The van der Waals surface area contributed by atoms with E-state index < -0.39 is 0 Å². The molecule has 0 spiro atoms. The van der Waals surface area contributed by atoms with E-state index in [4.69, 9.17) is 14.2 Å². The van der Waals surface area contributed by atoms with Crippen LogP contribution < -0.4 is 14.8 Å². The van der Waals surface area contributed by atoms with Gasteiger partial charge >= 0.3 is 0 Å². The number of carbonyl (C=O) groups is 1. The molecular weight excluding hydrogens is 398 g/mol. The molecule has 0 bridgehead atoms. The molecule has 1 aliphatic rings. The van der Waals surface area contributed by atoms with Crippen molar-refractivity contribution in [3.05, 3.63) is 52.5 Å². The lowest BCUT2D eigenvalue weighted by atomic mass is 10.2. The second kappa shape index (κ2) is 9.05. The van der Waals surface area contributed by atoms with Crippen molar-refractivity contribution in [1.29, 1.82) is 0 Å². The van der Waals surface area contributed by atoms with E-state index in [1.54, 1.807) is 18.2 Å². The minimum atomic E-state index is -0.179. The van der Waals surface area contributed by atoms with Crippen molar-refractivity contribution < 1.29 is 19.0 Å². The highest BCUT2D eigenvalue weighted by atomic mass is 79.9. The van der Waals surface area contributed by atoms with E-state index in [1.807, 2.05) is 31.2 Å². The Morgan fingerprint density at radius 2 is 2.04 bits per heavy atom. The number of nitrogens with one attached hydrogen (secondary N) is 1. The second-order valence-corrected chi connectivity index (χ2v) is 6.86. The van der Waals surface area contributed by atoms with E-state index in [0.29, 0.717) is 24.5 Å². The standard InChI is InChI=1S/C20H22BrNO4/c1-2-24-19-10-5-14(12-18(19)21)20(23)22-15-6-8-16(9-7-15)26-13-17-4-3-11-25-17/h5-10,12,17H,2-4,11,13H2,1H3,(H,22,23). The molecule has 0 aliphatic carbocycles.